The van der Waals surface area contributed by atoms with E-state index >= 15 is 0 Å². The van der Waals surface area contributed by atoms with Crippen molar-refractivity contribution in [3.63, 3.8) is 0 Å². The van der Waals surface area contributed by atoms with Crippen molar-refractivity contribution in [2.75, 3.05) is 0 Å². The Kier molecular flexibility index (Phi) is 3.44. The van der Waals surface area contributed by atoms with Crippen molar-refractivity contribution in [1.82, 2.24) is 14.8 Å². The Bertz CT molecular complexity index is 1120. The van der Waals surface area contributed by atoms with Crippen molar-refractivity contribution in [2.45, 2.75) is 13.5 Å². The standard InChI is InChI=1S/C19H13ClN4/c1-12-17(15-8-4-5-9-16(15)24(12)11-10-21)18-13-6-2-3-7-14(13)19(20)23-22-18/h2-9H,11H2,1H3. The van der Waals surface area contributed by atoms with Crippen LogP contribution in [0, 0.1) is 18.3 Å². The van der Waals surface area contributed by atoms with Crippen molar-refractivity contribution >= 4 is 33.3 Å². The fraction of sp³-hybridized carbons (Fsp3) is 0.105. The number of hydrogen-bond donors (Lipinski definition) is 0. The summed E-state index contributed by atoms with van der Waals surface area (Å²) in [6, 6.07) is 18.1. The fourth-order valence-corrected chi connectivity index (χ4v) is 3.46. The fourth-order valence-electron chi connectivity index (χ4n) is 3.26. The molecule has 116 valence electrons. The quantitative estimate of drug-likeness (QED) is 0.533. The Morgan fingerprint density at radius 2 is 1.67 bits per heavy atom. The Labute approximate surface area is 143 Å². The van der Waals surface area contributed by atoms with Crippen molar-refractivity contribution < 1.29 is 0 Å². The third kappa shape index (κ3) is 2.06. The first-order chi connectivity index (χ1) is 11.7. The zero-order valence-electron chi connectivity index (χ0n) is 13.0. The maximum Gasteiger partial charge on any atom is 0.159 e. The van der Waals surface area contributed by atoms with E-state index in [4.69, 9.17) is 11.6 Å². The molecule has 2 aromatic carbocycles. The molecule has 2 aromatic heterocycles. The van der Waals surface area contributed by atoms with Crippen LogP contribution in [0.15, 0.2) is 48.5 Å². The van der Waals surface area contributed by atoms with E-state index < -0.39 is 0 Å². The van der Waals surface area contributed by atoms with E-state index in [0.717, 1.165) is 38.6 Å². The van der Waals surface area contributed by atoms with Crippen molar-refractivity contribution in [1.29, 1.82) is 5.26 Å². The van der Waals surface area contributed by atoms with Crippen LogP contribution >= 0.6 is 11.6 Å². The van der Waals surface area contributed by atoms with Gasteiger partial charge in [-0.25, -0.2) is 0 Å². The van der Waals surface area contributed by atoms with Crippen LogP contribution in [0.25, 0.3) is 32.9 Å². The Morgan fingerprint density at radius 1 is 1.00 bits per heavy atom. The number of aromatic nitrogens is 3. The number of halogens is 1. The van der Waals surface area contributed by atoms with Crippen molar-refractivity contribution in [3.05, 3.63) is 59.4 Å². The van der Waals surface area contributed by atoms with Gasteiger partial charge in [-0.1, -0.05) is 54.1 Å². The second kappa shape index (κ2) is 5.63. The zero-order valence-corrected chi connectivity index (χ0v) is 13.7. The first kappa shape index (κ1) is 14.7. The van der Waals surface area contributed by atoms with Crippen LogP contribution in [0.1, 0.15) is 5.69 Å². The van der Waals surface area contributed by atoms with Crippen LogP contribution in [-0.4, -0.2) is 14.8 Å². The summed E-state index contributed by atoms with van der Waals surface area (Å²) in [4.78, 5) is 0. The number of fused-ring (bicyclic) bond motifs is 2. The second-order valence-corrected chi connectivity index (χ2v) is 5.96. The molecule has 0 saturated heterocycles. The molecule has 4 rings (SSSR count). The number of hydrogen-bond acceptors (Lipinski definition) is 3. The van der Waals surface area contributed by atoms with Crippen LogP contribution in [0.3, 0.4) is 0 Å². The van der Waals surface area contributed by atoms with Gasteiger partial charge in [0.15, 0.2) is 5.15 Å². The summed E-state index contributed by atoms with van der Waals surface area (Å²) in [6.07, 6.45) is 0. The first-order valence-corrected chi connectivity index (χ1v) is 7.96. The lowest BCUT2D eigenvalue weighted by molar-refractivity contribution is 0.838. The van der Waals surface area contributed by atoms with E-state index in [-0.39, 0.29) is 0 Å². The Hall–Kier alpha value is -2.90. The molecule has 0 unspecified atom stereocenters. The molecule has 0 N–H and O–H groups in total. The van der Waals surface area contributed by atoms with Gasteiger partial charge in [-0.3, -0.25) is 0 Å². The molecule has 0 bridgehead atoms. The summed E-state index contributed by atoms with van der Waals surface area (Å²) >= 11 is 6.21. The second-order valence-electron chi connectivity index (χ2n) is 5.61. The largest absolute Gasteiger partial charge is 0.330 e. The summed E-state index contributed by atoms with van der Waals surface area (Å²) < 4.78 is 2.01. The lowest BCUT2D eigenvalue weighted by atomic mass is 10.0. The lowest BCUT2D eigenvalue weighted by Gasteiger charge is -2.07. The van der Waals surface area contributed by atoms with Gasteiger partial charge in [0.2, 0.25) is 0 Å². The minimum atomic E-state index is 0.297. The molecule has 0 fully saturated rings. The molecule has 0 aliphatic rings. The van der Waals surface area contributed by atoms with Gasteiger partial charge in [0.25, 0.3) is 0 Å². The summed E-state index contributed by atoms with van der Waals surface area (Å²) in [5.74, 6) is 0. The van der Waals surface area contributed by atoms with Crippen molar-refractivity contribution in [3.8, 4) is 17.3 Å². The normalized spacial score (nSPS) is 11.0. The van der Waals surface area contributed by atoms with Gasteiger partial charge >= 0.3 is 0 Å². The minimum absolute atomic E-state index is 0.297. The molecular weight excluding hydrogens is 320 g/mol. The molecule has 0 saturated carbocycles. The topological polar surface area (TPSA) is 54.5 Å². The summed E-state index contributed by atoms with van der Waals surface area (Å²) in [5, 5.41) is 21.0. The number of rotatable bonds is 2. The molecular formula is C19H13ClN4. The number of nitriles is 1. The molecule has 0 amide bonds. The van der Waals surface area contributed by atoms with Gasteiger partial charge in [0, 0.05) is 32.9 Å². The predicted molar refractivity (Wildman–Crippen MR) is 95.8 cm³/mol. The van der Waals surface area contributed by atoms with E-state index in [1.54, 1.807) is 0 Å². The highest BCUT2D eigenvalue weighted by molar-refractivity contribution is 6.34. The lowest BCUT2D eigenvalue weighted by Crippen LogP contribution is -1.98. The van der Waals surface area contributed by atoms with Gasteiger partial charge < -0.3 is 4.57 Å². The van der Waals surface area contributed by atoms with Crippen LogP contribution in [-0.2, 0) is 6.54 Å². The van der Waals surface area contributed by atoms with Gasteiger partial charge in [-0.2, -0.15) is 5.26 Å². The predicted octanol–water partition coefficient (Wildman–Crippen LogP) is 4.74. The Morgan fingerprint density at radius 3 is 2.42 bits per heavy atom. The third-order valence-electron chi connectivity index (χ3n) is 4.34. The minimum Gasteiger partial charge on any atom is -0.330 e. The van der Waals surface area contributed by atoms with E-state index in [1.807, 2.05) is 54.0 Å². The number of benzene rings is 2. The number of nitrogens with zero attached hydrogens (tertiary/aromatic N) is 4. The highest BCUT2D eigenvalue weighted by atomic mass is 35.5. The third-order valence-corrected chi connectivity index (χ3v) is 4.62. The van der Waals surface area contributed by atoms with E-state index in [2.05, 4.69) is 22.3 Å². The van der Waals surface area contributed by atoms with Gasteiger partial charge in [-0.05, 0) is 13.0 Å². The first-order valence-electron chi connectivity index (χ1n) is 7.58. The molecule has 2 heterocycles. The highest BCUT2D eigenvalue weighted by Crippen LogP contribution is 2.37. The highest BCUT2D eigenvalue weighted by Gasteiger charge is 2.19. The number of para-hydroxylation sites is 1. The summed E-state index contributed by atoms with van der Waals surface area (Å²) in [5.41, 5.74) is 3.81. The van der Waals surface area contributed by atoms with Crippen LogP contribution in [0.2, 0.25) is 5.15 Å². The Balaban J connectivity index is 2.14. The van der Waals surface area contributed by atoms with Gasteiger partial charge in [-0.15, -0.1) is 10.2 Å². The van der Waals surface area contributed by atoms with Gasteiger partial charge in [0.05, 0.1) is 6.07 Å². The van der Waals surface area contributed by atoms with Crippen LogP contribution in [0.5, 0.6) is 0 Å². The summed E-state index contributed by atoms with van der Waals surface area (Å²) in [7, 11) is 0. The zero-order chi connectivity index (χ0) is 16.7. The maximum atomic E-state index is 9.18. The van der Waals surface area contributed by atoms with E-state index in [9.17, 15) is 5.26 Å². The molecule has 0 spiro atoms. The summed E-state index contributed by atoms with van der Waals surface area (Å²) in [6.45, 7) is 2.31. The average molecular weight is 333 g/mol. The molecule has 4 nitrogen and oxygen atoms in total. The monoisotopic (exact) mass is 332 g/mol. The molecule has 4 aromatic rings. The van der Waals surface area contributed by atoms with Crippen LogP contribution < -0.4 is 0 Å². The maximum absolute atomic E-state index is 9.18. The SMILES string of the molecule is Cc1c(-c2nnc(Cl)c3ccccc23)c2ccccc2n1CC#N. The molecule has 24 heavy (non-hydrogen) atoms. The molecule has 0 radical (unpaired) electrons. The van der Waals surface area contributed by atoms with Gasteiger partial charge in [0.1, 0.15) is 12.2 Å². The molecule has 0 aliphatic carbocycles. The van der Waals surface area contributed by atoms with E-state index in [0.29, 0.717) is 11.7 Å². The molecule has 5 heteroatoms. The van der Waals surface area contributed by atoms with Crippen molar-refractivity contribution in [2.24, 2.45) is 0 Å². The average Bonchev–Trinajstić information content (AvgIpc) is 2.89. The molecule has 0 atom stereocenters. The smallest absolute Gasteiger partial charge is 0.159 e. The van der Waals surface area contributed by atoms with Crippen LogP contribution in [0.4, 0.5) is 0 Å². The molecule has 0 aliphatic heterocycles. The van der Waals surface area contributed by atoms with E-state index in [1.165, 1.54) is 0 Å².